The summed E-state index contributed by atoms with van der Waals surface area (Å²) in [5, 5.41) is 1.26. The fourth-order valence-electron chi connectivity index (χ4n) is 4.25. The summed E-state index contributed by atoms with van der Waals surface area (Å²) in [5.74, 6) is -4.58. The molecule has 5 N–H and O–H groups in total. The molecule has 0 bridgehead atoms. The molecule has 10 nitrogen and oxygen atoms in total. The van der Waals surface area contributed by atoms with Crippen LogP contribution in [0.4, 0.5) is 19.0 Å². The maximum absolute atomic E-state index is 15.1. The summed E-state index contributed by atoms with van der Waals surface area (Å²) >= 11 is 0. The zero-order chi connectivity index (χ0) is 25.8. The Morgan fingerprint density at radius 2 is 2.00 bits per heavy atom. The molecule has 4 heterocycles. The van der Waals surface area contributed by atoms with Crippen molar-refractivity contribution in [1.82, 2.24) is 19.7 Å². The zero-order valence-electron chi connectivity index (χ0n) is 19.5. The number of amidine groups is 1. The van der Waals surface area contributed by atoms with E-state index in [1.165, 1.54) is 32.5 Å². The molecule has 2 aromatic rings. The van der Waals surface area contributed by atoms with Crippen LogP contribution in [-0.2, 0) is 5.54 Å². The Morgan fingerprint density at radius 1 is 1.29 bits per heavy atom. The average molecular weight is 514 g/mol. The van der Waals surface area contributed by atoms with Gasteiger partial charge in [-0.05, 0) is 32.9 Å². The van der Waals surface area contributed by atoms with Crippen molar-refractivity contribution >= 4 is 28.1 Å². The van der Waals surface area contributed by atoms with Crippen molar-refractivity contribution in [3.63, 3.8) is 0 Å². The van der Waals surface area contributed by atoms with E-state index in [1.807, 2.05) is 0 Å². The number of carbonyl (C=O) groups excluding carboxylic acids is 1. The molecule has 0 spiro atoms. The van der Waals surface area contributed by atoms with Crippen molar-refractivity contribution in [3.8, 4) is 5.88 Å². The highest BCUT2D eigenvalue weighted by molar-refractivity contribution is 8.29. The van der Waals surface area contributed by atoms with Gasteiger partial charge < -0.3 is 20.3 Å². The highest BCUT2D eigenvalue weighted by Crippen LogP contribution is 2.67. The van der Waals surface area contributed by atoms with E-state index in [0.717, 1.165) is 6.07 Å². The lowest BCUT2D eigenvalue weighted by atomic mass is 9.88. The molecule has 0 saturated carbocycles. The number of anilines is 1. The number of hydrogen-bond donors (Lipinski definition) is 4. The van der Waals surface area contributed by atoms with E-state index in [1.54, 1.807) is 13.8 Å². The molecule has 2 aromatic heterocycles. The van der Waals surface area contributed by atoms with Crippen LogP contribution in [0.15, 0.2) is 29.5 Å². The van der Waals surface area contributed by atoms with E-state index < -0.39 is 56.6 Å². The Bertz CT molecular complexity index is 1200. The Balaban J connectivity index is 1.75. The van der Waals surface area contributed by atoms with Crippen LogP contribution < -0.4 is 20.5 Å². The smallest absolute Gasteiger partial charge is 0.277 e. The number of aromatic nitrogens is 3. The van der Waals surface area contributed by atoms with Gasteiger partial charge in [0.15, 0.2) is 0 Å². The fourth-order valence-corrected chi connectivity index (χ4v) is 7.64. The van der Waals surface area contributed by atoms with Gasteiger partial charge in [-0.15, -0.1) is 0 Å². The van der Waals surface area contributed by atoms with Gasteiger partial charge >= 0.3 is 0 Å². The summed E-state index contributed by atoms with van der Waals surface area (Å²) in [6, 6.07) is 2.25. The van der Waals surface area contributed by atoms with E-state index in [9.17, 15) is 18.1 Å². The molecule has 1 unspecified atom stereocenters. The number of pyridine rings is 1. The molecule has 1 saturated heterocycles. The second kappa shape index (κ2) is 8.31. The van der Waals surface area contributed by atoms with Crippen LogP contribution in [0.5, 0.6) is 5.88 Å². The molecule has 0 aromatic carbocycles. The third kappa shape index (κ3) is 4.08. The predicted molar refractivity (Wildman–Crippen MR) is 125 cm³/mol. The van der Waals surface area contributed by atoms with Gasteiger partial charge in [-0.3, -0.25) is 14.5 Å². The molecule has 3 atom stereocenters. The number of methoxy groups -OCH3 is 1. The van der Waals surface area contributed by atoms with Crippen LogP contribution in [0.3, 0.4) is 0 Å². The van der Waals surface area contributed by atoms with Gasteiger partial charge in [0.1, 0.15) is 34.4 Å². The maximum Gasteiger partial charge on any atom is 0.277 e. The van der Waals surface area contributed by atoms with E-state index in [0.29, 0.717) is 0 Å². The minimum Gasteiger partial charge on any atom is -0.480 e. The molecule has 0 radical (unpaired) electrons. The molecule has 1 fully saturated rings. The van der Waals surface area contributed by atoms with Crippen LogP contribution in [0.1, 0.15) is 43.4 Å². The number of hydrogen-bond acceptors (Lipinski definition) is 9. The molecule has 14 heteroatoms. The Hall–Kier alpha value is -2.97. The number of nitrogens with two attached hydrogens (primary N) is 1. The van der Waals surface area contributed by atoms with Crippen LogP contribution in [0, 0.1) is 5.82 Å². The second-order valence-corrected chi connectivity index (χ2v) is 12.2. The normalized spacial score (nSPS) is 30.9. The highest BCUT2D eigenvalue weighted by Gasteiger charge is 2.64. The predicted octanol–water partition coefficient (Wildman–Crippen LogP) is 2.83. The lowest BCUT2D eigenvalue weighted by molar-refractivity contribution is -0.0148. The van der Waals surface area contributed by atoms with Crippen molar-refractivity contribution < 1.29 is 27.3 Å². The number of alkyl halides is 2. The number of nitrogens with zero attached hydrogens (tertiary/aromatic N) is 4. The number of halogens is 3. The minimum absolute atomic E-state index is 0.0180. The van der Waals surface area contributed by atoms with Gasteiger partial charge in [-0.25, -0.2) is 28.1 Å². The molecule has 2 aliphatic heterocycles. The summed E-state index contributed by atoms with van der Waals surface area (Å²) in [5.41, 5.74) is 4.06. The second-order valence-electron chi connectivity index (χ2n) is 9.08. The van der Waals surface area contributed by atoms with Gasteiger partial charge in [-0.2, -0.15) is 0 Å². The molecule has 2 aliphatic rings. The van der Waals surface area contributed by atoms with Crippen molar-refractivity contribution in [2.24, 2.45) is 10.7 Å². The number of nitrogens with one attached hydrogen (secondary N) is 2. The molecule has 4 rings (SSSR count). The number of amides is 1. The molecule has 35 heavy (non-hydrogen) atoms. The first-order valence-corrected chi connectivity index (χ1v) is 12.3. The molecule has 0 aliphatic carbocycles. The Labute approximate surface area is 201 Å². The van der Waals surface area contributed by atoms with Gasteiger partial charge in [0, 0.05) is 6.42 Å². The summed E-state index contributed by atoms with van der Waals surface area (Å²) in [4.78, 5) is 29.1. The quantitative estimate of drug-likeness (QED) is 0.488. The van der Waals surface area contributed by atoms with E-state index >= 15 is 4.39 Å². The van der Waals surface area contributed by atoms with Crippen LogP contribution >= 0.6 is 10.5 Å². The standard InChI is InChI=1S/C21H26F3N7O3S/c1-19(2)18(25)31-20(3,13-7-21(23,24)10-28-35(13,19)33)16-11(22)5-6-14(29-16)30-17(32)12-8-27-15(34-4)9-26-12/h5-6,8-9,13,28,33H,7,10H2,1-4H3,(H2,25,31)(H,29,30,32)/t13-,20+/m1/s1. The topological polar surface area (TPSA) is 148 Å². The lowest BCUT2D eigenvalue weighted by Crippen LogP contribution is -2.65. The number of aliphatic imine (C=N–C) groups is 1. The minimum atomic E-state index is -3.17. The van der Waals surface area contributed by atoms with E-state index in [4.69, 9.17) is 10.5 Å². The van der Waals surface area contributed by atoms with Gasteiger partial charge in [-0.1, -0.05) is 10.5 Å². The monoisotopic (exact) mass is 513 g/mol. The van der Waals surface area contributed by atoms with Crippen LogP contribution in [-0.4, -0.2) is 60.8 Å². The van der Waals surface area contributed by atoms with Crippen molar-refractivity contribution in [3.05, 3.63) is 41.7 Å². The van der Waals surface area contributed by atoms with Crippen LogP contribution in [0.2, 0.25) is 0 Å². The third-order valence-electron chi connectivity index (χ3n) is 6.46. The highest BCUT2D eigenvalue weighted by atomic mass is 32.3. The molecular formula is C21H26F3N7O3S. The lowest BCUT2D eigenvalue weighted by Gasteiger charge is -2.61. The van der Waals surface area contributed by atoms with E-state index in [-0.39, 0.29) is 28.9 Å². The first-order valence-electron chi connectivity index (χ1n) is 10.6. The molecular weight excluding hydrogens is 487 g/mol. The largest absolute Gasteiger partial charge is 0.480 e. The molecule has 190 valence electrons. The maximum atomic E-state index is 15.1. The van der Waals surface area contributed by atoms with Crippen molar-refractivity contribution in [2.45, 2.75) is 48.7 Å². The SMILES string of the molecule is COc1cnc(C(=O)Nc2ccc(F)c([C@@]3(C)N=C(N)C(C)(C)S4(O)NCC(F)(F)C[C@H]34)n2)cn1. The number of ether oxygens (including phenoxy) is 1. The Morgan fingerprint density at radius 3 is 2.63 bits per heavy atom. The zero-order valence-corrected chi connectivity index (χ0v) is 20.3. The first kappa shape index (κ1) is 25.1. The van der Waals surface area contributed by atoms with Crippen molar-refractivity contribution in [2.75, 3.05) is 19.0 Å². The summed E-state index contributed by atoms with van der Waals surface area (Å²) < 4.78 is 62.2. The Kier molecular flexibility index (Phi) is 5.97. The molecule has 1 amide bonds. The van der Waals surface area contributed by atoms with Gasteiger partial charge in [0.25, 0.3) is 11.8 Å². The van der Waals surface area contributed by atoms with Gasteiger partial charge in [0.05, 0.1) is 36.0 Å². The van der Waals surface area contributed by atoms with Crippen LogP contribution in [0.25, 0.3) is 0 Å². The number of carbonyl (C=O) groups is 1. The van der Waals surface area contributed by atoms with E-state index in [2.05, 4.69) is 30.0 Å². The summed E-state index contributed by atoms with van der Waals surface area (Å²) in [6.07, 6.45) is 1.69. The average Bonchev–Trinajstić information content (AvgIpc) is 2.80. The van der Waals surface area contributed by atoms with Gasteiger partial charge in [0.2, 0.25) is 5.88 Å². The fraction of sp³-hybridized carbons (Fsp3) is 0.476. The number of rotatable bonds is 4. The summed E-state index contributed by atoms with van der Waals surface area (Å²) in [6.45, 7) is 3.89. The first-order chi connectivity index (χ1) is 16.2. The third-order valence-corrected chi connectivity index (χ3v) is 10.3. The summed E-state index contributed by atoms with van der Waals surface area (Å²) in [7, 11) is -1.65. The number of fused-ring (bicyclic) bond motifs is 1. The van der Waals surface area contributed by atoms with Crippen molar-refractivity contribution in [1.29, 1.82) is 0 Å².